The summed E-state index contributed by atoms with van der Waals surface area (Å²) in [4.78, 5) is 25.0. The van der Waals surface area contributed by atoms with Crippen LogP contribution in [-0.4, -0.2) is 43.4 Å². The number of amides is 2. The lowest BCUT2D eigenvalue weighted by atomic mass is 10.2. The molecule has 0 aliphatic heterocycles. The molecule has 4 N–H and O–H groups in total. The van der Waals surface area contributed by atoms with Crippen LogP contribution in [0.3, 0.4) is 0 Å². The van der Waals surface area contributed by atoms with Gasteiger partial charge in [0.05, 0.1) is 24.0 Å². The lowest BCUT2D eigenvalue weighted by Crippen LogP contribution is -2.44. The first kappa shape index (κ1) is 15.0. The summed E-state index contributed by atoms with van der Waals surface area (Å²) in [5, 5.41) is 5.26. The number of rotatable bonds is 5. The minimum Gasteiger partial charge on any atom is -0.397 e. The SMILES string of the molecule is CNC(=O)CN(C)C(C)C(=O)Nc1ccccc1N. The van der Waals surface area contributed by atoms with Crippen LogP contribution in [0.25, 0.3) is 0 Å². The van der Waals surface area contributed by atoms with Crippen LogP contribution in [0.5, 0.6) is 0 Å². The van der Waals surface area contributed by atoms with Crippen LogP contribution >= 0.6 is 0 Å². The van der Waals surface area contributed by atoms with Crippen LogP contribution < -0.4 is 16.4 Å². The van der Waals surface area contributed by atoms with Crippen LogP contribution in [-0.2, 0) is 9.59 Å². The van der Waals surface area contributed by atoms with Gasteiger partial charge in [-0.3, -0.25) is 14.5 Å². The minimum absolute atomic E-state index is 0.138. The second-order valence-corrected chi connectivity index (χ2v) is 4.34. The summed E-state index contributed by atoms with van der Waals surface area (Å²) in [6.07, 6.45) is 0. The maximum Gasteiger partial charge on any atom is 0.241 e. The zero-order chi connectivity index (χ0) is 14.4. The minimum atomic E-state index is -0.433. The van der Waals surface area contributed by atoms with Gasteiger partial charge in [0, 0.05) is 7.05 Å². The number of nitrogens with two attached hydrogens (primary N) is 1. The maximum absolute atomic E-state index is 12.0. The normalized spacial score (nSPS) is 12.0. The molecule has 0 aromatic heterocycles. The number of para-hydroxylation sites is 2. The van der Waals surface area contributed by atoms with Crippen molar-refractivity contribution in [2.75, 3.05) is 31.7 Å². The van der Waals surface area contributed by atoms with E-state index in [1.54, 1.807) is 50.2 Å². The third kappa shape index (κ3) is 4.26. The molecule has 1 aromatic rings. The average molecular weight is 264 g/mol. The van der Waals surface area contributed by atoms with E-state index >= 15 is 0 Å². The highest BCUT2D eigenvalue weighted by atomic mass is 16.2. The summed E-state index contributed by atoms with van der Waals surface area (Å²) in [5.41, 5.74) is 6.84. The molecule has 6 nitrogen and oxygen atoms in total. The molecule has 0 saturated heterocycles. The van der Waals surface area contributed by atoms with E-state index in [-0.39, 0.29) is 18.4 Å². The Bertz CT molecular complexity index is 462. The Balaban J connectivity index is 2.62. The van der Waals surface area contributed by atoms with E-state index in [0.717, 1.165) is 0 Å². The van der Waals surface area contributed by atoms with Gasteiger partial charge in [0.25, 0.3) is 0 Å². The van der Waals surface area contributed by atoms with Crippen LogP contribution in [0.1, 0.15) is 6.92 Å². The largest absolute Gasteiger partial charge is 0.397 e. The van der Waals surface area contributed by atoms with Crippen molar-refractivity contribution in [3.8, 4) is 0 Å². The second-order valence-electron chi connectivity index (χ2n) is 4.34. The number of anilines is 2. The molecule has 6 heteroatoms. The molecule has 0 heterocycles. The fourth-order valence-corrected chi connectivity index (χ4v) is 1.49. The molecule has 104 valence electrons. The van der Waals surface area contributed by atoms with Gasteiger partial charge in [-0.25, -0.2) is 0 Å². The molecule has 0 bridgehead atoms. The Kier molecular flexibility index (Phi) is 5.32. The summed E-state index contributed by atoms with van der Waals surface area (Å²) in [6.45, 7) is 1.90. The molecule has 0 aliphatic carbocycles. The van der Waals surface area contributed by atoms with E-state index in [0.29, 0.717) is 11.4 Å². The third-order valence-electron chi connectivity index (χ3n) is 2.93. The fraction of sp³-hybridized carbons (Fsp3) is 0.385. The maximum atomic E-state index is 12.0. The molecule has 1 unspecified atom stereocenters. The van der Waals surface area contributed by atoms with Gasteiger partial charge in [0.2, 0.25) is 11.8 Å². The van der Waals surface area contributed by atoms with Crippen molar-refractivity contribution in [1.29, 1.82) is 0 Å². The predicted molar refractivity (Wildman–Crippen MR) is 75.6 cm³/mol. The topological polar surface area (TPSA) is 87.5 Å². The number of hydrogen-bond donors (Lipinski definition) is 3. The molecule has 19 heavy (non-hydrogen) atoms. The monoisotopic (exact) mass is 264 g/mol. The Morgan fingerprint density at radius 1 is 1.37 bits per heavy atom. The van der Waals surface area contributed by atoms with Crippen molar-refractivity contribution in [1.82, 2.24) is 10.2 Å². The number of nitrogen functional groups attached to an aromatic ring is 1. The molecule has 1 rings (SSSR count). The number of nitrogens with one attached hydrogen (secondary N) is 2. The standard InChI is InChI=1S/C13H20N4O2/c1-9(17(3)8-12(18)15-2)13(19)16-11-7-5-4-6-10(11)14/h4-7,9H,8,14H2,1-3H3,(H,15,18)(H,16,19). The lowest BCUT2D eigenvalue weighted by molar-refractivity contribution is -0.124. The van der Waals surface area contributed by atoms with Crippen molar-refractivity contribution < 1.29 is 9.59 Å². The van der Waals surface area contributed by atoms with Crippen molar-refractivity contribution in [3.63, 3.8) is 0 Å². The second kappa shape index (κ2) is 6.75. The van der Waals surface area contributed by atoms with E-state index in [1.807, 2.05) is 0 Å². The molecule has 0 saturated carbocycles. The van der Waals surface area contributed by atoms with Gasteiger partial charge in [0.15, 0.2) is 0 Å². The van der Waals surface area contributed by atoms with E-state index in [2.05, 4.69) is 10.6 Å². The molecule has 0 aliphatic rings. The summed E-state index contributed by atoms with van der Waals surface area (Å²) >= 11 is 0. The Morgan fingerprint density at radius 2 is 2.00 bits per heavy atom. The van der Waals surface area contributed by atoms with Crippen molar-refractivity contribution in [3.05, 3.63) is 24.3 Å². The van der Waals surface area contributed by atoms with Gasteiger partial charge >= 0.3 is 0 Å². The fourth-order valence-electron chi connectivity index (χ4n) is 1.49. The van der Waals surface area contributed by atoms with Gasteiger partial charge < -0.3 is 16.4 Å². The highest BCUT2D eigenvalue weighted by molar-refractivity contribution is 5.97. The van der Waals surface area contributed by atoms with Crippen LogP contribution in [0, 0.1) is 0 Å². The number of benzene rings is 1. The lowest BCUT2D eigenvalue weighted by Gasteiger charge is -2.23. The molecule has 0 fully saturated rings. The molecule has 1 atom stereocenters. The van der Waals surface area contributed by atoms with Crippen molar-refractivity contribution in [2.45, 2.75) is 13.0 Å². The first-order valence-corrected chi connectivity index (χ1v) is 6.02. The summed E-state index contributed by atoms with van der Waals surface area (Å²) in [5.74, 6) is -0.342. The highest BCUT2D eigenvalue weighted by Gasteiger charge is 2.20. The molecule has 0 spiro atoms. The average Bonchev–Trinajstić information content (AvgIpc) is 2.40. The number of likely N-dealkylation sites (N-methyl/N-ethyl adjacent to an activating group) is 2. The molecular weight excluding hydrogens is 244 g/mol. The van der Waals surface area contributed by atoms with Crippen LogP contribution in [0.2, 0.25) is 0 Å². The number of carbonyl (C=O) groups excluding carboxylic acids is 2. The first-order valence-electron chi connectivity index (χ1n) is 6.02. The van der Waals surface area contributed by atoms with Gasteiger partial charge in [0.1, 0.15) is 0 Å². The summed E-state index contributed by atoms with van der Waals surface area (Å²) in [6, 6.07) is 6.61. The van der Waals surface area contributed by atoms with Crippen LogP contribution in [0.4, 0.5) is 11.4 Å². The quantitative estimate of drug-likeness (QED) is 0.666. The smallest absolute Gasteiger partial charge is 0.241 e. The Labute approximate surface area is 113 Å². The molecule has 1 aromatic carbocycles. The molecular formula is C13H20N4O2. The van der Waals surface area contributed by atoms with E-state index in [9.17, 15) is 9.59 Å². The van der Waals surface area contributed by atoms with Gasteiger partial charge in [-0.2, -0.15) is 0 Å². The summed E-state index contributed by atoms with van der Waals surface area (Å²) < 4.78 is 0. The third-order valence-corrected chi connectivity index (χ3v) is 2.93. The van der Waals surface area contributed by atoms with E-state index < -0.39 is 6.04 Å². The summed E-state index contributed by atoms with van der Waals surface area (Å²) in [7, 11) is 3.28. The molecule has 0 radical (unpaired) electrons. The van der Waals surface area contributed by atoms with Gasteiger partial charge in [-0.1, -0.05) is 12.1 Å². The Hall–Kier alpha value is -2.08. The van der Waals surface area contributed by atoms with E-state index in [4.69, 9.17) is 5.73 Å². The van der Waals surface area contributed by atoms with Crippen LogP contribution in [0.15, 0.2) is 24.3 Å². The first-order chi connectivity index (χ1) is 8.95. The zero-order valence-corrected chi connectivity index (χ0v) is 11.4. The van der Waals surface area contributed by atoms with Crippen molar-refractivity contribution in [2.24, 2.45) is 0 Å². The Morgan fingerprint density at radius 3 is 2.58 bits per heavy atom. The predicted octanol–water partition coefficient (Wildman–Crippen LogP) is 0.274. The number of carbonyl (C=O) groups is 2. The van der Waals surface area contributed by atoms with Gasteiger partial charge in [-0.15, -0.1) is 0 Å². The van der Waals surface area contributed by atoms with Crippen molar-refractivity contribution >= 4 is 23.2 Å². The number of nitrogens with zero attached hydrogens (tertiary/aromatic N) is 1. The number of hydrogen-bond acceptors (Lipinski definition) is 4. The molecule has 2 amide bonds. The highest BCUT2D eigenvalue weighted by Crippen LogP contribution is 2.17. The zero-order valence-electron chi connectivity index (χ0n) is 11.4. The van der Waals surface area contributed by atoms with Gasteiger partial charge in [-0.05, 0) is 26.1 Å². The van der Waals surface area contributed by atoms with E-state index in [1.165, 1.54) is 0 Å².